The molecule has 2 heterocycles. The lowest BCUT2D eigenvalue weighted by Gasteiger charge is -2.39. The summed E-state index contributed by atoms with van der Waals surface area (Å²) >= 11 is 1.87. The molecule has 0 amide bonds. The van der Waals surface area contributed by atoms with Gasteiger partial charge in [0.15, 0.2) is 0 Å². The molecule has 178 valence electrons. The van der Waals surface area contributed by atoms with Gasteiger partial charge in [-0.25, -0.2) is 0 Å². The van der Waals surface area contributed by atoms with Crippen molar-refractivity contribution in [3.8, 4) is 22.4 Å². The number of aromatic nitrogens is 1. The molecule has 0 saturated carbocycles. The predicted molar refractivity (Wildman–Crippen MR) is 162 cm³/mol. The van der Waals surface area contributed by atoms with Gasteiger partial charge >= 0.3 is 0 Å². The molecule has 0 spiro atoms. The average Bonchev–Trinajstić information content (AvgIpc) is 3.21. The molecule has 0 aliphatic rings. The highest BCUT2D eigenvalue weighted by molar-refractivity contribution is 7.26. The highest BCUT2D eigenvalue weighted by Crippen LogP contribution is 2.45. The summed E-state index contributed by atoms with van der Waals surface area (Å²) in [5.74, 6) is 0. The molecule has 5 aromatic rings. The van der Waals surface area contributed by atoms with Crippen molar-refractivity contribution in [3.63, 3.8) is 0 Å². The van der Waals surface area contributed by atoms with Crippen molar-refractivity contribution in [2.75, 3.05) is 0 Å². The van der Waals surface area contributed by atoms with Gasteiger partial charge in [0.1, 0.15) is 0 Å². The predicted octanol–water partition coefficient (Wildman–Crippen LogP) is 9.93. The lowest BCUT2D eigenvalue weighted by molar-refractivity contribution is 1.15. The number of fused-ring (bicyclic) bond motifs is 3. The summed E-state index contributed by atoms with van der Waals surface area (Å²) in [4.78, 5) is 4.86. The Bertz CT molecular complexity index is 1560. The molecule has 35 heavy (non-hydrogen) atoms. The fraction of sp³-hybridized carbons (Fsp3) is 0.258. The quantitative estimate of drug-likeness (QED) is 0.214. The first-order chi connectivity index (χ1) is 16.9. The lowest BCUT2D eigenvalue weighted by atomic mass is 9.97. The average molecular weight is 511 g/mol. The van der Waals surface area contributed by atoms with E-state index in [0.717, 1.165) is 11.3 Å². The molecule has 1 nitrogen and oxygen atoms in total. The molecule has 4 heteroatoms. The van der Waals surface area contributed by atoms with Crippen LogP contribution in [-0.2, 0) is 0 Å². The lowest BCUT2D eigenvalue weighted by Crippen LogP contribution is -2.46. The maximum atomic E-state index is 9.82. The molecular weight excluding hydrogens is 475 g/mol. The van der Waals surface area contributed by atoms with E-state index >= 15 is 0 Å². The van der Waals surface area contributed by atoms with Crippen LogP contribution in [0.25, 0.3) is 42.6 Å². The smallest absolute Gasteiger partial charge is 0.0718 e. The van der Waals surface area contributed by atoms with Crippen LogP contribution in [0.2, 0.25) is 39.3 Å². The number of thiophene rings is 1. The highest BCUT2D eigenvalue weighted by Gasteiger charge is 2.38. The fourth-order valence-corrected chi connectivity index (χ4v) is 18.3. The van der Waals surface area contributed by atoms with Gasteiger partial charge in [0.25, 0.3) is 0 Å². The van der Waals surface area contributed by atoms with Crippen LogP contribution in [0.1, 0.15) is 17.6 Å². The molecule has 3 aromatic carbocycles. The van der Waals surface area contributed by atoms with Crippen LogP contribution in [0, 0.1) is 6.92 Å². The second-order valence-corrected chi connectivity index (χ2v) is 23.1. The Labute approximate surface area is 217 Å². The summed E-state index contributed by atoms with van der Waals surface area (Å²) in [6, 6.07) is 26.2. The van der Waals surface area contributed by atoms with Crippen LogP contribution in [0.3, 0.4) is 0 Å². The van der Waals surface area contributed by atoms with Crippen molar-refractivity contribution in [2.45, 2.75) is 51.3 Å². The summed E-state index contributed by atoms with van der Waals surface area (Å²) in [5, 5.41) is 2.09. The van der Waals surface area contributed by atoms with Gasteiger partial charge < -0.3 is 0 Å². The second kappa shape index (κ2) is 8.84. The Hall–Kier alpha value is -2.54. The minimum atomic E-state index is -1.84. The Balaban J connectivity index is 1.76. The van der Waals surface area contributed by atoms with Gasteiger partial charge in [0, 0.05) is 55.0 Å². The molecule has 0 unspecified atom stereocenters. The third kappa shape index (κ3) is 4.44. The van der Waals surface area contributed by atoms with Crippen molar-refractivity contribution in [1.82, 2.24) is 4.98 Å². The highest BCUT2D eigenvalue weighted by atomic mass is 32.1. The number of hydrogen-bond acceptors (Lipinski definition) is 2. The third-order valence-corrected chi connectivity index (χ3v) is 16.1. The van der Waals surface area contributed by atoms with Crippen LogP contribution in [-0.4, -0.2) is 21.1 Å². The Morgan fingerprint density at radius 3 is 2.14 bits per heavy atom. The molecule has 0 N–H and O–H groups in total. The molecule has 0 bridgehead atoms. The van der Waals surface area contributed by atoms with Crippen LogP contribution in [0.4, 0.5) is 0 Å². The van der Waals surface area contributed by atoms with Crippen molar-refractivity contribution >= 4 is 47.7 Å². The van der Waals surface area contributed by atoms with E-state index in [4.69, 9.17) is 4.98 Å². The number of benzene rings is 3. The standard InChI is InChI=1S/C31H35NSSi2/c1-21-16-17-25-24-14-11-15-26(29(24)33-30(25)28(21)22-12-9-8-10-13-22)27-20-23(18-19-32-27)31(34(2,3)4)35(5,6)7/h8-20,31H,1-7H3/i31D. The van der Waals surface area contributed by atoms with E-state index in [1.807, 2.05) is 17.5 Å². The topological polar surface area (TPSA) is 12.9 Å². The van der Waals surface area contributed by atoms with Gasteiger partial charge in [-0.1, -0.05) is 99.9 Å². The Kier molecular flexibility index (Phi) is 5.79. The molecule has 0 fully saturated rings. The van der Waals surface area contributed by atoms with Gasteiger partial charge in [-0.05, 0) is 40.9 Å². The van der Waals surface area contributed by atoms with Gasteiger partial charge in [-0.15, -0.1) is 11.3 Å². The summed E-state index contributed by atoms with van der Waals surface area (Å²) in [6.45, 7) is 16.3. The molecule has 0 saturated heterocycles. The van der Waals surface area contributed by atoms with Crippen molar-refractivity contribution in [1.29, 1.82) is 0 Å². The minimum Gasteiger partial charge on any atom is -0.256 e. The van der Waals surface area contributed by atoms with E-state index < -0.39 is 21.3 Å². The van der Waals surface area contributed by atoms with E-state index in [0.29, 0.717) is 0 Å². The van der Waals surface area contributed by atoms with Gasteiger partial charge in [0.05, 0.1) is 5.69 Å². The number of aryl methyl sites for hydroxylation is 1. The van der Waals surface area contributed by atoms with Crippen molar-refractivity contribution in [2.24, 2.45) is 0 Å². The van der Waals surface area contributed by atoms with Gasteiger partial charge in [0.2, 0.25) is 0 Å². The SMILES string of the molecule is [2H]C(c1ccnc(-c2cccc3c2sc2c(-c4ccccc4)c(C)ccc23)c1)([Si](C)(C)C)[Si](C)(C)C. The van der Waals surface area contributed by atoms with E-state index in [2.05, 4.69) is 119 Å². The normalized spacial score (nSPS) is 13.4. The number of hydrogen-bond donors (Lipinski definition) is 0. The number of rotatable bonds is 5. The van der Waals surface area contributed by atoms with Gasteiger partial charge in [-0.2, -0.15) is 0 Å². The summed E-state index contributed by atoms with van der Waals surface area (Å²) < 4.78 is 12.4. The van der Waals surface area contributed by atoms with E-state index in [1.165, 1.54) is 42.4 Å². The first kappa shape index (κ1) is 22.9. The Morgan fingerprint density at radius 1 is 0.771 bits per heavy atom. The molecule has 0 aliphatic heterocycles. The first-order valence-corrected chi connectivity index (χ1v) is 20.2. The zero-order valence-corrected chi connectivity index (χ0v) is 24.7. The molecule has 0 aliphatic carbocycles. The molecular formula is C31H35NSSi2. The van der Waals surface area contributed by atoms with E-state index in [1.54, 1.807) is 0 Å². The van der Waals surface area contributed by atoms with Crippen LogP contribution in [0.15, 0.2) is 79.0 Å². The summed E-state index contributed by atoms with van der Waals surface area (Å²) in [6.07, 6.45) is 1.93. The molecule has 0 radical (unpaired) electrons. The second-order valence-electron chi connectivity index (χ2n) is 11.6. The molecule has 2 aromatic heterocycles. The minimum absolute atomic E-state index is 0.497. The zero-order valence-electron chi connectivity index (χ0n) is 22.9. The number of pyridine rings is 1. The van der Waals surface area contributed by atoms with Crippen molar-refractivity contribution in [3.05, 3.63) is 90.1 Å². The molecule has 0 atom stereocenters. The third-order valence-electron chi connectivity index (χ3n) is 6.76. The van der Waals surface area contributed by atoms with E-state index in [-0.39, 0.29) is 0 Å². The first-order valence-electron chi connectivity index (χ1n) is 12.9. The van der Waals surface area contributed by atoms with Crippen molar-refractivity contribution < 1.29 is 1.37 Å². The fourth-order valence-electron chi connectivity index (χ4n) is 5.85. The van der Waals surface area contributed by atoms with Crippen LogP contribution in [0.5, 0.6) is 0 Å². The van der Waals surface area contributed by atoms with Gasteiger partial charge in [-0.3, -0.25) is 4.98 Å². The zero-order chi connectivity index (χ0) is 25.9. The van der Waals surface area contributed by atoms with Crippen LogP contribution < -0.4 is 0 Å². The number of nitrogens with zero attached hydrogens (tertiary/aromatic N) is 1. The van der Waals surface area contributed by atoms with Crippen LogP contribution >= 0.6 is 11.3 Å². The summed E-state index contributed by atoms with van der Waals surface area (Å²) in [5.41, 5.74) is 7.18. The monoisotopic (exact) mass is 510 g/mol. The largest absolute Gasteiger partial charge is 0.256 e. The van der Waals surface area contributed by atoms with E-state index in [9.17, 15) is 1.37 Å². The Morgan fingerprint density at radius 2 is 1.46 bits per heavy atom. The maximum absolute atomic E-state index is 9.82. The summed E-state index contributed by atoms with van der Waals surface area (Å²) in [7, 11) is -3.68. The molecule has 5 rings (SSSR count). The maximum Gasteiger partial charge on any atom is 0.0718 e.